The summed E-state index contributed by atoms with van der Waals surface area (Å²) < 4.78 is 103. The van der Waals surface area contributed by atoms with Crippen molar-refractivity contribution in [1.82, 2.24) is 5.32 Å². The number of halogens is 6. The Morgan fingerprint density at radius 1 is 0.635 bits per heavy atom. The summed E-state index contributed by atoms with van der Waals surface area (Å²) in [5.74, 6) is 1.94. The average molecular weight is 758 g/mol. The minimum absolute atomic E-state index is 0.0636. The summed E-state index contributed by atoms with van der Waals surface area (Å²) in [6.07, 6.45) is -10.0. The van der Waals surface area contributed by atoms with Crippen molar-refractivity contribution in [2.75, 3.05) is 33.2 Å². The maximum atomic E-state index is 13.6. The lowest BCUT2D eigenvalue weighted by Crippen LogP contribution is -2.34. The Morgan fingerprint density at radius 3 is 1.40 bits per heavy atom. The second kappa shape index (κ2) is 16.1. The Labute approximate surface area is 302 Å². The van der Waals surface area contributed by atoms with Gasteiger partial charge in [-0.2, -0.15) is 26.3 Å². The third-order valence-corrected chi connectivity index (χ3v) is 12.1. The smallest absolute Gasteiger partial charge is 0.416 e. The Hall–Kier alpha value is -5.00. The predicted molar refractivity (Wildman–Crippen MR) is 197 cm³/mol. The maximum Gasteiger partial charge on any atom is 0.416 e. The van der Waals surface area contributed by atoms with E-state index in [2.05, 4.69) is 10.6 Å². The van der Waals surface area contributed by atoms with Crippen LogP contribution in [0.1, 0.15) is 22.7 Å². The highest BCUT2D eigenvalue weighted by atomic mass is 32.1. The van der Waals surface area contributed by atoms with Crippen molar-refractivity contribution in [1.29, 1.82) is 0 Å². The molecule has 0 bridgehead atoms. The summed E-state index contributed by atoms with van der Waals surface area (Å²) in [6, 6.07) is 32.5. The zero-order valence-electron chi connectivity index (χ0n) is 28.1. The van der Waals surface area contributed by atoms with Gasteiger partial charge < -0.3 is 24.8 Å². The predicted octanol–water partition coefficient (Wildman–Crippen LogP) is 8.96. The number of hydrogen-bond acceptors (Lipinski definition) is 5. The number of anilines is 1. The Morgan fingerprint density at radius 2 is 1.04 bits per heavy atom. The number of ether oxygens (including phenoxy) is 3. The molecule has 52 heavy (non-hydrogen) atoms. The molecule has 0 radical (unpaired) electrons. The van der Waals surface area contributed by atoms with Gasteiger partial charge in [0.05, 0.1) is 52.1 Å². The van der Waals surface area contributed by atoms with Gasteiger partial charge in [0.2, 0.25) is 0 Å². The molecule has 0 fully saturated rings. The van der Waals surface area contributed by atoms with Crippen LogP contribution < -0.4 is 40.8 Å². The molecule has 5 rings (SSSR count). The SMILES string of the molecule is COc1ccc(P(=NC[C@H](NC(=S)Nc2cc(C(F)(F)F)cc(C(F)(F)F)c2)c2ccccc2)(c2ccc(OC)cc2)c2ccc(OC)cc2)cc1. The summed E-state index contributed by atoms with van der Waals surface area (Å²) in [7, 11) is 1.85. The van der Waals surface area contributed by atoms with E-state index in [4.69, 9.17) is 31.2 Å². The molecule has 0 aliphatic heterocycles. The van der Waals surface area contributed by atoms with Crippen LogP contribution in [-0.2, 0) is 12.4 Å². The highest BCUT2D eigenvalue weighted by Crippen LogP contribution is 2.48. The Balaban J connectivity index is 1.63. The largest absolute Gasteiger partial charge is 0.497 e. The van der Waals surface area contributed by atoms with Crippen LogP contribution in [0.25, 0.3) is 0 Å². The lowest BCUT2D eigenvalue weighted by molar-refractivity contribution is -0.143. The van der Waals surface area contributed by atoms with Gasteiger partial charge >= 0.3 is 12.4 Å². The normalized spacial score (nSPS) is 12.4. The van der Waals surface area contributed by atoms with E-state index in [1.54, 1.807) is 21.3 Å². The summed E-state index contributed by atoms with van der Waals surface area (Å²) in [5, 5.41) is 8.12. The molecule has 0 aliphatic carbocycles. The minimum Gasteiger partial charge on any atom is -0.497 e. The molecular formula is C38H34F6N3O3PS. The van der Waals surface area contributed by atoms with E-state index in [-0.39, 0.29) is 17.7 Å². The number of hydrogen-bond donors (Lipinski definition) is 2. The molecule has 0 heterocycles. The van der Waals surface area contributed by atoms with Crippen LogP contribution in [0.2, 0.25) is 0 Å². The summed E-state index contributed by atoms with van der Waals surface area (Å²) in [6.45, 7) is 0.0834. The zero-order valence-corrected chi connectivity index (χ0v) is 29.8. The van der Waals surface area contributed by atoms with E-state index in [1.165, 1.54) is 0 Å². The van der Waals surface area contributed by atoms with Crippen molar-refractivity contribution in [3.63, 3.8) is 0 Å². The van der Waals surface area contributed by atoms with Gasteiger partial charge in [-0.15, -0.1) is 0 Å². The van der Waals surface area contributed by atoms with Gasteiger partial charge in [-0.25, -0.2) is 0 Å². The molecule has 2 N–H and O–H groups in total. The number of alkyl halides is 6. The van der Waals surface area contributed by atoms with Gasteiger partial charge in [-0.3, -0.25) is 4.74 Å². The molecule has 0 spiro atoms. The molecule has 0 amide bonds. The quantitative estimate of drug-likeness (QED) is 0.0798. The van der Waals surface area contributed by atoms with Gasteiger partial charge in [0.15, 0.2) is 5.11 Å². The molecule has 0 aromatic heterocycles. The lowest BCUT2D eigenvalue weighted by atomic mass is 10.1. The van der Waals surface area contributed by atoms with Crippen molar-refractivity contribution in [3.8, 4) is 17.2 Å². The lowest BCUT2D eigenvalue weighted by Gasteiger charge is -2.29. The molecule has 0 saturated heterocycles. The monoisotopic (exact) mass is 757 g/mol. The second-order valence-electron chi connectivity index (χ2n) is 11.4. The van der Waals surface area contributed by atoms with E-state index in [0.717, 1.165) is 21.5 Å². The van der Waals surface area contributed by atoms with Crippen LogP contribution in [0.3, 0.4) is 0 Å². The van der Waals surface area contributed by atoms with Crippen LogP contribution in [0.5, 0.6) is 17.2 Å². The fraction of sp³-hybridized carbons (Fsp3) is 0.184. The van der Waals surface area contributed by atoms with E-state index in [1.807, 2.05) is 103 Å². The average Bonchev–Trinajstić information content (AvgIpc) is 3.14. The molecule has 14 heteroatoms. The first-order chi connectivity index (χ1) is 24.8. The van der Waals surface area contributed by atoms with Gasteiger partial charge in [-0.1, -0.05) is 30.3 Å². The van der Waals surface area contributed by atoms with Crippen molar-refractivity contribution in [2.24, 2.45) is 4.74 Å². The first kappa shape index (κ1) is 38.2. The van der Waals surface area contributed by atoms with E-state index >= 15 is 0 Å². The minimum atomic E-state index is -5.02. The molecule has 0 unspecified atom stereocenters. The second-order valence-corrected chi connectivity index (χ2v) is 14.9. The maximum absolute atomic E-state index is 13.6. The van der Waals surface area contributed by atoms with Gasteiger partial charge in [-0.05, 0) is 109 Å². The topological polar surface area (TPSA) is 64.1 Å². The molecule has 0 aliphatic rings. The number of nitrogens with one attached hydrogen (secondary N) is 2. The van der Waals surface area contributed by atoms with E-state index in [0.29, 0.717) is 29.4 Å². The molecule has 5 aromatic rings. The van der Waals surface area contributed by atoms with E-state index < -0.39 is 42.3 Å². The van der Waals surface area contributed by atoms with Crippen LogP contribution in [0.15, 0.2) is 126 Å². The highest BCUT2D eigenvalue weighted by Gasteiger charge is 2.37. The first-order valence-electron chi connectivity index (χ1n) is 15.7. The molecule has 5 aromatic carbocycles. The third-order valence-electron chi connectivity index (χ3n) is 8.17. The van der Waals surface area contributed by atoms with Crippen LogP contribution in [0.4, 0.5) is 32.0 Å². The molecule has 272 valence electrons. The first-order valence-corrected chi connectivity index (χ1v) is 17.9. The summed E-state index contributed by atoms with van der Waals surface area (Å²) in [5.41, 5.74) is -2.67. The van der Waals surface area contributed by atoms with Crippen LogP contribution in [0, 0.1) is 0 Å². The van der Waals surface area contributed by atoms with Crippen molar-refractivity contribution in [2.45, 2.75) is 18.4 Å². The van der Waals surface area contributed by atoms with Crippen LogP contribution in [-0.4, -0.2) is 33.0 Å². The number of benzene rings is 5. The number of methoxy groups -OCH3 is 3. The number of rotatable bonds is 11. The fourth-order valence-corrected chi connectivity index (χ4v) is 9.36. The van der Waals surface area contributed by atoms with Crippen molar-refractivity contribution >= 4 is 46.0 Å². The summed E-state index contributed by atoms with van der Waals surface area (Å²) in [4.78, 5) is 0. The van der Waals surface area contributed by atoms with E-state index in [9.17, 15) is 26.3 Å². The highest BCUT2D eigenvalue weighted by molar-refractivity contribution is 7.87. The van der Waals surface area contributed by atoms with Crippen LogP contribution >= 0.6 is 19.3 Å². The molecule has 6 nitrogen and oxygen atoms in total. The molecule has 0 saturated carbocycles. The van der Waals surface area contributed by atoms with Gasteiger partial charge in [0, 0.05) is 21.6 Å². The molecule has 1 atom stereocenters. The standard InChI is InChI=1S/C38H34F6N3O3PS/c1-48-29-9-15-32(16-10-29)51(33-17-11-30(49-2)12-18-33,34-19-13-31(50-3)14-20-34)45-24-35(25-7-5-4-6-8-25)47-36(52)46-28-22-26(37(39,40)41)21-27(23-28)38(42,43)44/h4-23,35H,24H2,1-3H3,(H2,46,47,52)/t35-/m0/s1. The zero-order chi connectivity index (χ0) is 37.5. The third kappa shape index (κ3) is 8.89. The van der Waals surface area contributed by atoms with Gasteiger partial charge in [0.1, 0.15) is 17.2 Å². The van der Waals surface area contributed by atoms with Crippen molar-refractivity contribution in [3.05, 3.63) is 138 Å². The fourth-order valence-electron chi connectivity index (χ4n) is 5.56. The molecular weight excluding hydrogens is 723 g/mol. The summed E-state index contributed by atoms with van der Waals surface area (Å²) >= 11 is 5.50. The van der Waals surface area contributed by atoms with Gasteiger partial charge in [0.25, 0.3) is 0 Å². The Kier molecular flexibility index (Phi) is 11.9. The number of thiocarbonyl (C=S) groups is 1. The number of nitrogens with zero attached hydrogens (tertiary/aromatic N) is 1. The Bertz CT molecular complexity index is 1870. The van der Waals surface area contributed by atoms with Crippen molar-refractivity contribution < 1.29 is 40.6 Å².